The van der Waals surface area contributed by atoms with Gasteiger partial charge in [-0.3, -0.25) is 9.59 Å². The minimum Gasteiger partial charge on any atom is -0.294 e. The molecule has 0 atom stereocenters. The number of aryl methyl sites for hydroxylation is 1. The van der Waals surface area contributed by atoms with Gasteiger partial charge in [-0.05, 0) is 47.9 Å². The summed E-state index contributed by atoms with van der Waals surface area (Å²) < 4.78 is 0. The van der Waals surface area contributed by atoms with Crippen molar-refractivity contribution in [2.75, 3.05) is 0 Å². The Morgan fingerprint density at radius 1 is 1.18 bits per heavy atom. The summed E-state index contributed by atoms with van der Waals surface area (Å²) in [5, 5.41) is 0.681. The van der Waals surface area contributed by atoms with Gasteiger partial charge in [-0.1, -0.05) is 44.5 Å². The molecular formula is C19H23ClO2. The molecule has 0 amide bonds. The lowest BCUT2D eigenvalue weighted by Crippen LogP contribution is -2.25. The number of allylic oxidation sites excluding steroid dienone is 2. The number of hydrogen-bond acceptors (Lipinski definition) is 2. The highest BCUT2D eigenvalue weighted by molar-refractivity contribution is 6.30. The van der Waals surface area contributed by atoms with Crippen molar-refractivity contribution in [3.05, 3.63) is 46.0 Å². The maximum atomic E-state index is 12.4. The van der Waals surface area contributed by atoms with Crippen LogP contribution in [0.4, 0.5) is 0 Å². The van der Waals surface area contributed by atoms with Gasteiger partial charge in [-0.15, -0.1) is 0 Å². The van der Waals surface area contributed by atoms with Crippen LogP contribution in [0.5, 0.6) is 0 Å². The summed E-state index contributed by atoms with van der Waals surface area (Å²) in [6, 6.07) is 5.65. The first-order valence-electron chi connectivity index (χ1n) is 7.70. The van der Waals surface area contributed by atoms with Crippen LogP contribution in [0, 0.1) is 12.3 Å². The summed E-state index contributed by atoms with van der Waals surface area (Å²) in [6.07, 6.45) is 3.38. The second-order valence-electron chi connectivity index (χ2n) is 7.34. The van der Waals surface area contributed by atoms with E-state index in [1.165, 1.54) is 0 Å². The molecule has 3 heteroatoms. The van der Waals surface area contributed by atoms with Gasteiger partial charge in [-0.25, -0.2) is 0 Å². The van der Waals surface area contributed by atoms with Gasteiger partial charge in [0.25, 0.3) is 0 Å². The molecule has 1 aromatic carbocycles. The number of halogens is 1. The first kappa shape index (κ1) is 17.0. The minimum atomic E-state index is -0.0279. The van der Waals surface area contributed by atoms with Gasteiger partial charge in [0.05, 0.1) is 5.57 Å². The molecule has 0 spiro atoms. The highest BCUT2D eigenvalue weighted by atomic mass is 35.5. The predicted octanol–water partition coefficient (Wildman–Crippen LogP) is 5.03. The lowest BCUT2D eigenvalue weighted by atomic mass is 9.77. The zero-order valence-corrected chi connectivity index (χ0v) is 14.5. The first-order valence-corrected chi connectivity index (χ1v) is 8.08. The fourth-order valence-electron chi connectivity index (χ4n) is 2.85. The van der Waals surface area contributed by atoms with E-state index < -0.39 is 0 Å². The molecule has 2 rings (SSSR count). The molecule has 0 aromatic heterocycles. The van der Waals surface area contributed by atoms with Crippen molar-refractivity contribution in [2.24, 2.45) is 5.41 Å². The zero-order chi connectivity index (χ0) is 16.5. The van der Waals surface area contributed by atoms with Gasteiger partial charge in [0, 0.05) is 17.9 Å². The van der Waals surface area contributed by atoms with Crippen molar-refractivity contribution < 1.29 is 9.59 Å². The molecule has 1 fully saturated rings. The normalized spacial score (nSPS) is 19.5. The standard InChI is InChI=1S/C19H23ClO2/c1-12-9-14(20)5-6-15(12)13-10-17(21)16(18(22)11-13)7-8-19(2,3)4/h5-7,9,13H,8,10-11H2,1-4H3. The third-order valence-electron chi connectivity index (χ3n) is 4.05. The Morgan fingerprint density at radius 3 is 2.27 bits per heavy atom. The molecule has 2 nitrogen and oxygen atoms in total. The highest BCUT2D eigenvalue weighted by Crippen LogP contribution is 2.35. The fraction of sp³-hybridized carbons (Fsp3) is 0.474. The number of carbonyl (C=O) groups is 2. The number of hydrogen-bond donors (Lipinski definition) is 0. The van der Waals surface area contributed by atoms with Crippen LogP contribution in [0.3, 0.4) is 0 Å². The quantitative estimate of drug-likeness (QED) is 0.566. The van der Waals surface area contributed by atoms with E-state index in [2.05, 4.69) is 20.8 Å². The average Bonchev–Trinajstić information content (AvgIpc) is 2.36. The molecule has 0 radical (unpaired) electrons. The van der Waals surface area contributed by atoms with Crippen LogP contribution < -0.4 is 0 Å². The molecule has 0 N–H and O–H groups in total. The Balaban J connectivity index is 2.20. The number of ketones is 2. The van der Waals surface area contributed by atoms with Gasteiger partial charge in [-0.2, -0.15) is 0 Å². The number of benzene rings is 1. The van der Waals surface area contributed by atoms with Crippen LogP contribution in [0.25, 0.3) is 0 Å². The van der Waals surface area contributed by atoms with E-state index in [1.807, 2.05) is 31.2 Å². The summed E-state index contributed by atoms with van der Waals surface area (Å²) in [4.78, 5) is 24.7. The summed E-state index contributed by atoms with van der Waals surface area (Å²) in [5.74, 6) is -0.0799. The molecule has 118 valence electrons. The number of rotatable bonds is 2. The Bertz CT molecular complexity index is 615. The number of carbonyl (C=O) groups excluding carboxylic acids is 2. The second kappa shape index (κ2) is 6.37. The van der Waals surface area contributed by atoms with Crippen molar-refractivity contribution in [1.82, 2.24) is 0 Å². The maximum Gasteiger partial charge on any atom is 0.166 e. The van der Waals surface area contributed by atoms with E-state index in [0.29, 0.717) is 23.4 Å². The van der Waals surface area contributed by atoms with Crippen LogP contribution in [-0.2, 0) is 9.59 Å². The second-order valence-corrected chi connectivity index (χ2v) is 7.77. The lowest BCUT2D eigenvalue weighted by molar-refractivity contribution is -0.124. The lowest BCUT2D eigenvalue weighted by Gasteiger charge is -2.24. The Hall–Kier alpha value is -1.41. The molecule has 0 heterocycles. The van der Waals surface area contributed by atoms with Crippen molar-refractivity contribution in [3.8, 4) is 0 Å². The van der Waals surface area contributed by atoms with Crippen LogP contribution in [-0.4, -0.2) is 11.6 Å². The van der Waals surface area contributed by atoms with E-state index in [-0.39, 0.29) is 22.9 Å². The van der Waals surface area contributed by atoms with E-state index in [0.717, 1.165) is 17.5 Å². The van der Waals surface area contributed by atoms with Crippen molar-refractivity contribution in [1.29, 1.82) is 0 Å². The van der Waals surface area contributed by atoms with Crippen molar-refractivity contribution >= 4 is 23.2 Å². The predicted molar refractivity (Wildman–Crippen MR) is 90.3 cm³/mol. The molecule has 1 aliphatic rings. The molecule has 22 heavy (non-hydrogen) atoms. The highest BCUT2D eigenvalue weighted by Gasteiger charge is 2.32. The minimum absolute atomic E-state index is 0.0240. The third-order valence-corrected chi connectivity index (χ3v) is 4.29. The molecule has 1 aliphatic carbocycles. The van der Waals surface area contributed by atoms with Gasteiger partial charge < -0.3 is 0 Å². The Labute approximate surface area is 137 Å². The van der Waals surface area contributed by atoms with Gasteiger partial charge in [0.1, 0.15) is 0 Å². The van der Waals surface area contributed by atoms with E-state index in [4.69, 9.17) is 11.6 Å². The van der Waals surface area contributed by atoms with Gasteiger partial charge in [0.15, 0.2) is 11.6 Å². The molecule has 0 unspecified atom stereocenters. The Morgan fingerprint density at radius 2 is 1.77 bits per heavy atom. The molecule has 0 bridgehead atoms. The maximum absolute atomic E-state index is 12.4. The molecule has 0 saturated heterocycles. The molecule has 1 saturated carbocycles. The Kier molecular flexibility index (Phi) is 4.91. The van der Waals surface area contributed by atoms with Crippen molar-refractivity contribution in [2.45, 2.75) is 52.9 Å². The van der Waals surface area contributed by atoms with E-state index in [1.54, 1.807) is 0 Å². The average molecular weight is 319 g/mol. The van der Waals surface area contributed by atoms with Gasteiger partial charge in [0.2, 0.25) is 0 Å². The van der Waals surface area contributed by atoms with E-state index >= 15 is 0 Å². The van der Waals surface area contributed by atoms with Crippen LogP contribution in [0.2, 0.25) is 5.02 Å². The van der Waals surface area contributed by atoms with Gasteiger partial charge >= 0.3 is 0 Å². The summed E-state index contributed by atoms with van der Waals surface area (Å²) in [7, 11) is 0. The van der Waals surface area contributed by atoms with E-state index in [9.17, 15) is 9.59 Å². The first-order chi connectivity index (χ1) is 10.2. The molecule has 1 aromatic rings. The van der Waals surface area contributed by atoms with Crippen molar-refractivity contribution in [3.63, 3.8) is 0 Å². The topological polar surface area (TPSA) is 34.1 Å². The third kappa shape index (κ3) is 4.07. The number of Topliss-reactive ketones (excluding diaryl/α,β-unsaturated/α-hetero) is 2. The summed E-state index contributed by atoms with van der Waals surface area (Å²) in [6.45, 7) is 8.27. The summed E-state index contributed by atoms with van der Waals surface area (Å²) in [5.41, 5.74) is 2.58. The smallest absolute Gasteiger partial charge is 0.166 e. The molecular weight excluding hydrogens is 296 g/mol. The largest absolute Gasteiger partial charge is 0.294 e. The molecule has 0 aliphatic heterocycles. The fourth-order valence-corrected chi connectivity index (χ4v) is 3.07. The SMILES string of the molecule is Cc1cc(Cl)ccc1C1CC(=O)C(=CCC(C)(C)C)C(=O)C1. The van der Waals surface area contributed by atoms with Crippen LogP contribution in [0.15, 0.2) is 29.8 Å². The zero-order valence-electron chi connectivity index (χ0n) is 13.7. The summed E-state index contributed by atoms with van der Waals surface area (Å²) >= 11 is 5.98. The monoisotopic (exact) mass is 318 g/mol. The van der Waals surface area contributed by atoms with Crippen LogP contribution in [0.1, 0.15) is 57.1 Å². The van der Waals surface area contributed by atoms with Crippen LogP contribution >= 0.6 is 11.6 Å².